The number of rotatable bonds is 3. The van der Waals surface area contributed by atoms with E-state index in [1.807, 2.05) is 0 Å². The highest BCUT2D eigenvalue weighted by Crippen LogP contribution is 2.38. The van der Waals surface area contributed by atoms with Gasteiger partial charge in [-0.1, -0.05) is 12.1 Å². The highest BCUT2D eigenvalue weighted by molar-refractivity contribution is 7.90. The van der Waals surface area contributed by atoms with E-state index >= 15 is 0 Å². The lowest BCUT2D eigenvalue weighted by Crippen LogP contribution is -2.35. The molecule has 7 nitrogen and oxygen atoms in total. The smallest absolute Gasteiger partial charge is 0.423 e. The third kappa shape index (κ3) is 3.45. The lowest BCUT2D eigenvalue weighted by Gasteiger charge is -2.20. The molecule has 0 unspecified atom stereocenters. The molecular weight excluding hydrogens is 415 g/mol. The largest absolute Gasteiger partial charge is 0.492 e. The monoisotopic (exact) mass is 440 g/mol. The van der Waals surface area contributed by atoms with Gasteiger partial charge in [-0.3, -0.25) is 0 Å². The number of amides is 2. The molecule has 5 rings (SSSR count). The van der Waals surface area contributed by atoms with Gasteiger partial charge in [-0.15, -0.1) is 0 Å². The molecule has 1 heterocycles. The van der Waals surface area contributed by atoms with Crippen molar-refractivity contribution in [2.75, 3.05) is 5.32 Å². The van der Waals surface area contributed by atoms with Crippen molar-refractivity contribution < 1.29 is 22.9 Å². The Morgan fingerprint density at radius 3 is 2.35 bits per heavy atom. The van der Waals surface area contributed by atoms with E-state index in [0.717, 1.165) is 55.3 Å². The molecule has 1 aliphatic heterocycles. The predicted octanol–water partition coefficient (Wildman–Crippen LogP) is 2.13. The van der Waals surface area contributed by atoms with E-state index in [9.17, 15) is 18.2 Å². The number of aryl methyl sites for hydroxylation is 2. The summed E-state index contributed by atoms with van der Waals surface area (Å²) in [6.07, 6.45) is 5.88. The highest BCUT2D eigenvalue weighted by atomic mass is 32.2. The zero-order valence-corrected chi connectivity index (χ0v) is 18.4. The normalized spacial score (nSPS) is 18.5. The molecule has 0 bridgehead atoms. The van der Waals surface area contributed by atoms with Gasteiger partial charge in [-0.05, 0) is 97.8 Å². The minimum atomic E-state index is -4.10. The molecule has 3 N–H and O–H groups in total. The number of carbonyl (C=O) groups is 1. The molecule has 31 heavy (non-hydrogen) atoms. The van der Waals surface area contributed by atoms with Gasteiger partial charge in [0.1, 0.15) is 0 Å². The molecule has 2 aliphatic carbocycles. The van der Waals surface area contributed by atoms with Crippen LogP contribution in [0.15, 0.2) is 29.2 Å². The van der Waals surface area contributed by atoms with Gasteiger partial charge in [0.25, 0.3) is 10.0 Å². The summed E-state index contributed by atoms with van der Waals surface area (Å²) in [6.45, 7) is 3.52. The number of anilines is 1. The van der Waals surface area contributed by atoms with Crippen LogP contribution < -0.4 is 15.5 Å². The lowest BCUT2D eigenvalue weighted by atomic mass is 9.78. The fourth-order valence-corrected chi connectivity index (χ4v) is 6.07. The van der Waals surface area contributed by atoms with E-state index < -0.39 is 28.8 Å². The zero-order valence-electron chi connectivity index (χ0n) is 17.6. The Morgan fingerprint density at radius 1 is 1.06 bits per heavy atom. The minimum Gasteiger partial charge on any atom is -0.423 e. The summed E-state index contributed by atoms with van der Waals surface area (Å²) < 4.78 is 33.5. The maximum atomic E-state index is 12.9. The van der Waals surface area contributed by atoms with Crippen molar-refractivity contribution in [2.45, 2.75) is 62.9 Å². The van der Waals surface area contributed by atoms with Gasteiger partial charge in [0.2, 0.25) is 0 Å². The molecule has 162 valence electrons. The minimum absolute atomic E-state index is 0.0457. The molecule has 2 amide bonds. The first-order valence-electron chi connectivity index (χ1n) is 10.7. The summed E-state index contributed by atoms with van der Waals surface area (Å²) in [5.41, 5.74) is 5.88. The van der Waals surface area contributed by atoms with Gasteiger partial charge in [-0.2, -0.15) is 0 Å². The number of benzene rings is 2. The molecule has 0 atom stereocenters. The van der Waals surface area contributed by atoms with Crippen molar-refractivity contribution in [3.63, 3.8) is 0 Å². The lowest BCUT2D eigenvalue weighted by molar-refractivity contribution is 0.101. The first-order valence-corrected chi connectivity index (χ1v) is 12.1. The molecule has 0 saturated heterocycles. The van der Waals surface area contributed by atoms with Crippen LogP contribution in [0.5, 0.6) is 0 Å². The Bertz CT molecular complexity index is 1180. The summed E-state index contributed by atoms with van der Waals surface area (Å²) in [7, 11) is -5.19. The number of hydrogen-bond acceptors (Lipinski definition) is 5. The van der Waals surface area contributed by atoms with Crippen molar-refractivity contribution in [1.29, 1.82) is 0 Å². The molecule has 3 aliphatic rings. The summed E-state index contributed by atoms with van der Waals surface area (Å²) in [4.78, 5) is 12.7. The molecule has 0 radical (unpaired) electrons. The van der Waals surface area contributed by atoms with Crippen LogP contribution >= 0.6 is 0 Å². The van der Waals surface area contributed by atoms with Crippen molar-refractivity contribution >= 4 is 34.3 Å². The number of sulfonamides is 1. The topological polar surface area (TPSA) is 105 Å². The third-order valence-electron chi connectivity index (χ3n) is 6.59. The maximum Gasteiger partial charge on any atom is 0.492 e. The Morgan fingerprint density at radius 2 is 1.71 bits per heavy atom. The SMILES string of the molecule is CC1(C)OB(O)c2ccc(S(=O)(=O)NC(=O)Nc3c4c(cc5c3CCC5)CCC4)cc21. The average molecular weight is 440 g/mol. The van der Waals surface area contributed by atoms with Crippen molar-refractivity contribution in [3.05, 3.63) is 52.1 Å². The Hall–Kier alpha value is -2.36. The van der Waals surface area contributed by atoms with Gasteiger partial charge in [0, 0.05) is 5.69 Å². The van der Waals surface area contributed by atoms with E-state index in [-0.39, 0.29) is 4.90 Å². The van der Waals surface area contributed by atoms with Crippen molar-refractivity contribution in [3.8, 4) is 0 Å². The van der Waals surface area contributed by atoms with Gasteiger partial charge >= 0.3 is 13.1 Å². The van der Waals surface area contributed by atoms with Gasteiger partial charge in [0.15, 0.2) is 0 Å². The van der Waals surface area contributed by atoms with Crippen molar-refractivity contribution in [2.24, 2.45) is 0 Å². The van der Waals surface area contributed by atoms with Crippen LogP contribution in [0.2, 0.25) is 0 Å². The predicted molar refractivity (Wildman–Crippen MR) is 118 cm³/mol. The number of hydrogen-bond donors (Lipinski definition) is 3. The number of carbonyl (C=O) groups excluding carboxylic acids is 1. The van der Waals surface area contributed by atoms with Crippen LogP contribution in [0.4, 0.5) is 10.5 Å². The van der Waals surface area contributed by atoms with E-state index in [0.29, 0.717) is 11.0 Å². The van der Waals surface area contributed by atoms with Crippen LogP contribution in [0.1, 0.15) is 54.5 Å². The molecule has 0 aromatic heterocycles. The number of fused-ring (bicyclic) bond motifs is 3. The zero-order chi connectivity index (χ0) is 22.0. The Balaban J connectivity index is 1.41. The van der Waals surface area contributed by atoms with Crippen LogP contribution in [-0.2, 0) is 46.0 Å². The van der Waals surface area contributed by atoms with Crippen molar-refractivity contribution in [1.82, 2.24) is 4.72 Å². The van der Waals surface area contributed by atoms with Gasteiger partial charge in [-0.25, -0.2) is 17.9 Å². The Labute approximate surface area is 182 Å². The van der Waals surface area contributed by atoms with Gasteiger partial charge in [0.05, 0.1) is 10.5 Å². The fourth-order valence-electron chi connectivity index (χ4n) is 5.13. The summed E-state index contributed by atoms with van der Waals surface area (Å²) in [6, 6.07) is 5.86. The summed E-state index contributed by atoms with van der Waals surface area (Å²) in [5.74, 6) is 0. The number of urea groups is 1. The summed E-state index contributed by atoms with van der Waals surface area (Å²) >= 11 is 0. The molecular formula is C22H25BN2O5S. The van der Waals surface area contributed by atoms with Gasteiger partial charge < -0.3 is 15.0 Å². The van der Waals surface area contributed by atoms with Crippen LogP contribution in [0.3, 0.4) is 0 Å². The van der Waals surface area contributed by atoms with E-state index in [1.54, 1.807) is 13.8 Å². The first kappa shape index (κ1) is 20.5. The second-order valence-corrected chi connectivity index (χ2v) is 10.7. The molecule has 0 saturated carbocycles. The maximum absolute atomic E-state index is 12.9. The molecule has 0 spiro atoms. The standard InChI is InChI=1S/C22H25BN2O5S/c1-22(2)18-12-15(9-10-19(18)23(27)30-22)31(28,29)25-21(26)24-20-16-7-3-5-13(16)11-14-6-4-8-17(14)20/h9-12,27H,3-8H2,1-2H3,(H2,24,25,26). The first-order chi connectivity index (χ1) is 14.7. The summed E-state index contributed by atoms with van der Waals surface area (Å²) in [5, 5.41) is 12.9. The molecule has 9 heteroatoms. The number of nitrogens with one attached hydrogen (secondary N) is 2. The Kier molecular flexibility index (Phi) is 4.69. The fraction of sp³-hybridized carbons (Fsp3) is 0.409. The van der Waals surface area contributed by atoms with Crippen LogP contribution in [0, 0.1) is 0 Å². The molecule has 2 aromatic carbocycles. The quantitative estimate of drug-likeness (QED) is 0.635. The van der Waals surface area contributed by atoms with Crippen LogP contribution in [0.25, 0.3) is 0 Å². The van der Waals surface area contributed by atoms with E-state index in [1.165, 1.54) is 29.3 Å². The average Bonchev–Trinajstić information content (AvgIpc) is 3.39. The third-order valence-corrected chi connectivity index (χ3v) is 7.92. The second-order valence-electron chi connectivity index (χ2n) is 9.02. The second kappa shape index (κ2) is 7.08. The van der Waals surface area contributed by atoms with E-state index in [4.69, 9.17) is 4.65 Å². The van der Waals surface area contributed by atoms with E-state index in [2.05, 4.69) is 16.1 Å². The molecule has 0 fully saturated rings. The highest BCUT2D eigenvalue weighted by Gasteiger charge is 2.41. The molecule has 2 aromatic rings. The van der Waals surface area contributed by atoms with Crippen LogP contribution in [-0.4, -0.2) is 26.6 Å².